The molecule has 0 aliphatic heterocycles. The van der Waals surface area contributed by atoms with Crippen LogP contribution in [0.3, 0.4) is 0 Å². The van der Waals surface area contributed by atoms with Crippen molar-refractivity contribution >= 4 is 11.4 Å². The van der Waals surface area contributed by atoms with E-state index in [1.165, 1.54) is 0 Å². The van der Waals surface area contributed by atoms with Gasteiger partial charge in [-0.25, -0.2) is 22.0 Å². The Kier molecular flexibility index (Phi) is 7.61. The molecule has 0 aliphatic rings. The summed E-state index contributed by atoms with van der Waals surface area (Å²) in [5, 5.41) is 0. The number of alkyl halides is 9. The summed E-state index contributed by atoms with van der Waals surface area (Å²) in [6, 6.07) is -1.19. The predicted octanol–water partition coefficient (Wildman–Crippen LogP) is 8.47. The van der Waals surface area contributed by atoms with E-state index in [0.717, 1.165) is 0 Å². The van der Waals surface area contributed by atoms with Crippen LogP contribution < -0.4 is 20.9 Å². The third-order valence-corrected chi connectivity index (χ3v) is 4.97. The molecule has 0 fully saturated rings. The molecule has 0 heterocycles. The fourth-order valence-corrected chi connectivity index (χ4v) is 3.15. The van der Waals surface area contributed by atoms with Crippen LogP contribution in [0.15, 0.2) is 12.1 Å². The molecule has 0 unspecified atom stereocenters. The van der Waals surface area contributed by atoms with Crippen LogP contribution in [0.2, 0.25) is 0 Å². The van der Waals surface area contributed by atoms with Gasteiger partial charge in [-0.15, -0.1) is 0 Å². The number of hydrogen-bond acceptors (Lipinski definition) is 4. The Morgan fingerprint density at radius 3 is 1.15 bits per heavy atom. The second kappa shape index (κ2) is 9.98. The van der Waals surface area contributed by atoms with Crippen molar-refractivity contribution in [2.45, 2.75) is 18.5 Å². The zero-order valence-corrected chi connectivity index (χ0v) is 18.7. The van der Waals surface area contributed by atoms with E-state index in [1.54, 1.807) is 0 Å². The largest absolute Gasteiger partial charge is 0.447 e. The maximum absolute atomic E-state index is 15.1. The highest BCUT2D eigenvalue weighted by atomic mass is 19.4. The molecular formula is C21H6F16N2O2. The number of ether oxygens (including phenoxy) is 2. The van der Waals surface area contributed by atoms with Crippen molar-refractivity contribution in [1.29, 1.82) is 0 Å². The van der Waals surface area contributed by atoms with Crippen LogP contribution in [0.25, 0.3) is 0 Å². The summed E-state index contributed by atoms with van der Waals surface area (Å²) in [7, 11) is 0. The van der Waals surface area contributed by atoms with Crippen molar-refractivity contribution in [2.75, 3.05) is 11.5 Å². The molecular weight excluding hydrogens is 616 g/mol. The maximum atomic E-state index is 15.1. The van der Waals surface area contributed by atoms with Crippen LogP contribution in [-0.2, 0) is 18.5 Å². The highest BCUT2D eigenvalue weighted by Gasteiger charge is 2.45. The minimum Gasteiger partial charge on any atom is -0.447 e. The molecule has 224 valence electrons. The van der Waals surface area contributed by atoms with Gasteiger partial charge in [-0.3, -0.25) is 0 Å². The highest BCUT2D eigenvalue weighted by molar-refractivity contribution is 5.59. The Balaban J connectivity index is 2.31. The molecule has 0 atom stereocenters. The van der Waals surface area contributed by atoms with Crippen molar-refractivity contribution in [2.24, 2.45) is 0 Å². The second-order valence-electron chi connectivity index (χ2n) is 7.60. The SMILES string of the molecule is Nc1c(C(F)(F)F)cc(F)c(Oc2c(F)c(F)c(C(F)(F)F)c(Oc3c(F)cc(C(F)(F)F)c(N)c3F)c2F)c1F. The Bertz CT molecular complexity index is 1540. The number of nitrogen functional groups attached to an aromatic ring is 2. The summed E-state index contributed by atoms with van der Waals surface area (Å²) in [5.74, 6) is -29.2. The smallest absolute Gasteiger partial charge is 0.423 e. The van der Waals surface area contributed by atoms with Gasteiger partial charge < -0.3 is 20.9 Å². The van der Waals surface area contributed by atoms with E-state index in [0.29, 0.717) is 0 Å². The Morgan fingerprint density at radius 1 is 0.439 bits per heavy atom. The van der Waals surface area contributed by atoms with Gasteiger partial charge in [0.25, 0.3) is 0 Å². The van der Waals surface area contributed by atoms with Gasteiger partial charge >= 0.3 is 18.5 Å². The fraction of sp³-hybridized carbons (Fsp3) is 0.143. The van der Waals surface area contributed by atoms with Gasteiger partial charge in [0, 0.05) is 0 Å². The van der Waals surface area contributed by atoms with Crippen LogP contribution in [-0.4, -0.2) is 0 Å². The van der Waals surface area contributed by atoms with Gasteiger partial charge in [0.05, 0.1) is 22.5 Å². The second-order valence-corrected chi connectivity index (χ2v) is 7.60. The summed E-state index contributed by atoms with van der Waals surface area (Å²) in [6.45, 7) is 0. The number of rotatable bonds is 4. The maximum Gasteiger partial charge on any atom is 0.423 e. The number of benzene rings is 3. The molecule has 0 spiro atoms. The van der Waals surface area contributed by atoms with Gasteiger partial charge in [-0.2, -0.15) is 48.3 Å². The van der Waals surface area contributed by atoms with Gasteiger partial charge in [-0.1, -0.05) is 0 Å². The van der Waals surface area contributed by atoms with Crippen LogP contribution >= 0.6 is 0 Å². The van der Waals surface area contributed by atoms with E-state index in [-0.39, 0.29) is 0 Å². The Morgan fingerprint density at radius 2 is 0.805 bits per heavy atom. The van der Waals surface area contributed by atoms with E-state index < -0.39 is 122 Å². The third-order valence-electron chi connectivity index (χ3n) is 4.97. The lowest BCUT2D eigenvalue weighted by molar-refractivity contribution is -0.141. The van der Waals surface area contributed by atoms with E-state index in [4.69, 9.17) is 11.5 Å². The van der Waals surface area contributed by atoms with Crippen LogP contribution in [0.1, 0.15) is 16.7 Å². The van der Waals surface area contributed by atoms with Crippen LogP contribution in [0.5, 0.6) is 23.0 Å². The first-order valence-electron chi connectivity index (χ1n) is 9.82. The zero-order chi connectivity index (χ0) is 31.6. The standard InChI is InChI=1S/C21H6F16N2O2/c22-5-1-3(19(29,30)31)13(38)10(26)15(5)40-17-7(21(35,36)37)8(24)9(25)18(12(17)28)41-16-6(23)2-4(20(32,33)34)14(39)11(16)27/h1-2H,38-39H2. The normalized spacial score (nSPS) is 12.6. The monoisotopic (exact) mass is 622 g/mol. The van der Waals surface area contributed by atoms with E-state index >= 15 is 4.39 Å². The first kappa shape index (κ1) is 31.3. The minimum absolute atomic E-state index is 0.572. The molecule has 0 amide bonds. The molecule has 3 rings (SSSR count). The lowest BCUT2D eigenvalue weighted by atomic mass is 10.1. The summed E-state index contributed by atoms with van der Waals surface area (Å²) >= 11 is 0. The number of halogens is 16. The first-order chi connectivity index (χ1) is 18.5. The number of hydrogen-bond donors (Lipinski definition) is 2. The lowest BCUT2D eigenvalue weighted by Crippen LogP contribution is -2.16. The van der Waals surface area contributed by atoms with Gasteiger partial charge in [0.1, 0.15) is 5.56 Å². The molecule has 0 aromatic heterocycles. The van der Waals surface area contributed by atoms with Crippen LogP contribution in [0, 0.1) is 40.7 Å². The first-order valence-corrected chi connectivity index (χ1v) is 9.82. The van der Waals surface area contributed by atoms with Gasteiger partial charge in [0.2, 0.25) is 28.9 Å². The molecule has 3 aromatic rings. The third kappa shape index (κ3) is 5.53. The predicted molar refractivity (Wildman–Crippen MR) is 103 cm³/mol. The summed E-state index contributed by atoms with van der Waals surface area (Å²) in [4.78, 5) is 0. The van der Waals surface area contributed by atoms with Crippen molar-refractivity contribution in [3.05, 3.63) is 69.5 Å². The molecule has 41 heavy (non-hydrogen) atoms. The molecule has 0 saturated carbocycles. The molecule has 0 bridgehead atoms. The molecule has 4 nitrogen and oxygen atoms in total. The molecule has 20 heteroatoms. The van der Waals surface area contributed by atoms with Crippen molar-refractivity contribution < 1.29 is 79.7 Å². The number of anilines is 2. The van der Waals surface area contributed by atoms with E-state index in [1.807, 2.05) is 0 Å². The Labute approximate surface area is 214 Å². The van der Waals surface area contributed by atoms with Gasteiger partial charge in [0.15, 0.2) is 34.8 Å². The summed E-state index contributed by atoms with van der Waals surface area (Å²) < 4.78 is 227. The highest BCUT2D eigenvalue weighted by Crippen LogP contribution is 2.49. The molecule has 0 aliphatic carbocycles. The minimum atomic E-state index is -6.21. The zero-order valence-electron chi connectivity index (χ0n) is 18.7. The van der Waals surface area contributed by atoms with Gasteiger partial charge in [-0.05, 0) is 12.1 Å². The average Bonchev–Trinajstić information content (AvgIpc) is 2.81. The average molecular weight is 622 g/mol. The molecule has 3 aromatic carbocycles. The Hall–Kier alpha value is -4.26. The van der Waals surface area contributed by atoms with Crippen molar-refractivity contribution in [3.63, 3.8) is 0 Å². The summed E-state index contributed by atoms with van der Waals surface area (Å²) in [6.07, 6.45) is -17.3. The topological polar surface area (TPSA) is 70.5 Å². The number of nitrogens with two attached hydrogens (primary N) is 2. The quantitative estimate of drug-likeness (QED) is 0.174. The van der Waals surface area contributed by atoms with Crippen molar-refractivity contribution in [1.82, 2.24) is 0 Å². The van der Waals surface area contributed by atoms with E-state index in [2.05, 4.69) is 9.47 Å². The fourth-order valence-electron chi connectivity index (χ4n) is 3.15. The lowest BCUT2D eigenvalue weighted by Gasteiger charge is -2.20. The molecule has 0 radical (unpaired) electrons. The van der Waals surface area contributed by atoms with Crippen LogP contribution in [0.4, 0.5) is 81.6 Å². The van der Waals surface area contributed by atoms with Crippen molar-refractivity contribution in [3.8, 4) is 23.0 Å². The van der Waals surface area contributed by atoms with E-state index in [9.17, 15) is 65.9 Å². The summed E-state index contributed by atoms with van der Waals surface area (Å²) in [5.41, 5.74) is -1.82. The molecule has 4 N–H and O–H groups in total. The molecule has 0 saturated heterocycles.